The topological polar surface area (TPSA) is 86.3 Å². The summed E-state index contributed by atoms with van der Waals surface area (Å²) in [6.45, 7) is 3.05. The lowest BCUT2D eigenvalue weighted by Gasteiger charge is -2.38. The number of ether oxygens (including phenoxy) is 1. The number of hydrogen-bond acceptors (Lipinski definition) is 6. The van der Waals surface area contributed by atoms with E-state index in [1.165, 1.54) is 5.69 Å². The lowest BCUT2D eigenvalue weighted by atomic mass is 10.1. The maximum absolute atomic E-state index is 12.9. The van der Waals surface area contributed by atoms with E-state index in [1.54, 1.807) is 24.3 Å². The number of anilines is 2. The molecular weight excluding hydrogens is 442 g/mol. The number of carbonyl (C=O) groups excluding carboxylic acids is 2. The van der Waals surface area contributed by atoms with E-state index in [1.807, 2.05) is 53.4 Å². The highest BCUT2D eigenvalue weighted by molar-refractivity contribution is 6.06. The first-order chi connectivity index (χ1) is 17.1. The average molecular weight is 470 g/mol. The summed E-state index contributed by atoms with van der Waals surface area (Å²) in [5, 5.41) is 5.71. The Morgan fingerprint density at radius 3 is 2.11 bits per heavy atom. The van der Waals surface area contributed by atoms with Gasteiger partial charge in [-0.2, -0.15) is 0 Å². The Labute approximate surface area is 204 Å². The molecule has 35 heavy (non-hydrogen) atoms. The number of piperazine rings is 1. The molecule has 0 radical (unpaired) electrons. The number of carbonyl (C=O) groups is 2. The molecule has 2 heterocycles. The van der Waals surface area contributed by atoms with Crippen molar-refractivity contribution in [1.82, 2.24) is 10.2 Å². The largest absolute Gasteiger partial charge is 0.457 e. The van der Waals surface area contributed by atoms with E-state index < -0.39 is 6.04 Å². The zero-order valence-electron chi connectivity index (χ0n) is 19.3. The third-order valence-corrected chi connectivity index (χ3v) is 6.01. The summed E-state index contributed by atoms with van der Waals surface area (Å²) in [5.41, 5.74) is 1.80. The zero-order valence-corrected chi connectivity index (χ0v) is 19.3. The minimum Gasteiger partial charge on any atom is -0.457 e. The minimum absolute atomic E-state index is 0.0223. The first-order valence-corrected chi connectivity index (χ1v) is 11.7. The summed E-state index contributed by atoms with van der Waals surface area (Å²) in [6.07, 6.45) is 0.0223. The third kappa shape index (κ3) is 5.60. The van der Waals surface area contributed by atoms with Crippen molar-refractivity contribution in [3.63, 3.8) is 0 Å². The molecule has 0 bridgehead atoms. The second-order valence-electron chi connectivity index (χ2n) is 8.46. The summed E-state index contributed by atoms with van der Waals surface area (Å²) in [5.74, 6) is 1.37. The van der Waals surface area contributed by atoms with Gasteiger partial charge in [0.1, 0.15) is 17.5 Å². The van der Waals surface area contributed by atoms with Gasteiger partial charge in [0.2, 0.25) is 17.8 Å². The number of para-hydroxylation sites is 2. The van der Waals surface area contributed by atoms with Crippen molar-refractivity contribution >= 4 is 29.1 Å². The van der Waals surface area contributed by atoms with Crippen molar-refractivity contribution in [3.05, 3.63) is 84.9 Å². The van der Waals surface area contributed by atoms with Crippen LogP contribution in [0.5, 0.6) is 11.5 Å². The Hall–Kier alpha value is -4.33. The summed E-state index contributed by atoms with van der Waals surface area (Å²) in [6, 6.07) is 26.1. The SMILES string of the molecule is O=C1C[C@H](C(=O)Nc2ccc(Oc3ccccc3)cc2)N=C(N2CCN(c3ccccc3)CC2)N1. The van der Waals surface area contributed by atoms with Gasteiger partial charge in [-0.25, -0.2) is 4.99 Å². The van der Waals surface area contributed by atoms with Crippen LogP contribution in [0, 0.1) is 0 Å². The molecule has 0 saturated carbocycles. The van der Waals surface area contributed by atoms with Gasteiger partial charge in [-0.05, 0) is 48.5 Å². The van der Waals surface area contributed by atoms with E-state index in [-0.39, 0.29) is 18.2 Å². The monoisotopic (exact) mass is 469 g/mol. The van der Waals surface area contributed by atoms with Gasteiger partial charge in [0.15, 0.2) is 0 Å². The van der Waals surface area contributed by atoms with E-state index >= 15 is 0 Å². The lowest BCUT2D eigenvalue weighted by Crippen LogP contribution is -2.56. The predicted molar refractivity (Wildman–Crippen MR) is 136 cm³/mol. The van der Waals surface area contributed by atoms with Crippen LogP contribution < -0.4 is 20.3 Å². The molecule has 1 saturated heterocycles. The molecule has 1 atom stereocenters. The van der Waals surface area contributed by atoms with Gasteiger partial charge >= 0.3 is 0 Å². The average Bonchev–Trinajstić information content (AvgIpc) is 2.91. The van der Waals surface area contributed by atoms with Gasteiger partial charge < -0.3 is 19.9 Å². The van der Waals surface area contributed by atoms with E-state index in [0.717, 1.165) is 18.8 Å². The van der Waals surface area contributed by atoms with E-state index in [9.17, 15) is 9.59 Å². The number of rotatable bonds is 5. The van der Waals surface area contributed by atoms with Gasteiger partial charge in [-0.3, -0.25) is 14.9 Å². The van der Waals surface area contributed by atoms with E-state index in [2.05, 4.69) is 32.7 Å². The van der Waals surface area contributed by atoms with Crippen LogP contribution in [0.15, 0.2) is 89.9 Å². The molecule has 0 unspecified atom stereocenters. The highest BCUT2D eigenvalue weighted by Gasteiger charge is 2.30. The third-order valence-electron chi connectivity index (χ3n) is 6.01. The van der Waals surface area contributed by atoms with E-state index in [4.69, 9.17) is 4.74 Å². The van der Waals surface area contributed by atoms with Gasteiger partial charge in [0.25, 0.3) is 0 Å². The number of nitrogens with one attached hydrogen (secondary N) is 2. The maximum Gasteiger partial charge on any atom is 0.249 e. The van der Waals surface area contributed by atoms with Crippen LogP contribution in [0.2, 0.25) is 0 Å². The van der Waals surface area contributed by atoms with Crippen LogP contribution in [0.3, 0.4) is 0 Å². The molecule has 3 aromatic rings. The van der Waals surface area contributed by atoms with Crippen molar-refractivity contribution in [3.8, 4) is 11.5 Å². The van der Waals surface area contributed by atoms with Crippen molar-refractivity contribution in [1.29, 1.82) is 0 Å². The van der Waals surface area contributed by atoms with Crippen LogP contribution in [0.1, 0.15) is 6.42 Å². The number of guanidine groups is 1. The molecule has 0 spiro atoms. The summed E-state index contributed by atoms with van der Waals surface area (Å²) in [4.78, 5) is 34.2. The fraction of sp³-hybridized carbons (Fsp3) is 0.222. The van der Waals surface area contributed by atoms with Crippen molar-refractivity contribution < 1.29 is 14.3 Å². The highest BCUT2D eigenvalue weighted by Crippen LogP contribution is 2.23. The zero-order chi connectivity index (χ0) is 24.0. The smallest absolute Gasteiger partial charge is 0.249 e. The Morgan fingerprint density at radius 1 is 0.829 bits per heavy atom. The van der Waals surface area contributed by atoms with Crippen LogP contribution in [0.4, 0.5) is 11.4 Å². The normalized spacial score (nSPS) is 17.9. The van der Waals surface area contributed by atoms with Gasteiger partial charge in [0, 0.05) is 37.6 Å². The molecule has 5 rings (SSSR count). The standard InChI is InChI=1S/C27H27N5O3/c33-25-19-24(26(34)28-20-11-13-23(14-12-20)35-22-9-5-2-6-10-22)29-27(30-25)32-17-15-31(16-18-32)21-7-3-1-4-8-21/h1-14,24H,15-19H2,(H,28,34)(H,29,30,33)/t24-/m1/s1. The molecule has 1 fully saturated rings. The fourth-order valence-electron chi connectivity index (χ4n) is 4.16. The molecule has 3 aromatic carbocycles. The Balaban J connectivity index is 1.19. The molecule has 2 aliphatic heterocycles. The highest BCUT2D eigenvalue weighted by atomic mass is 16.5. The lowest BCUT2D eigenvalue weighted by molar-refractivity contribution is -0.125. The Kier molecular flexibility index (Phi) is 6.61. The minimum atomic E-state index is -0.772. The van der Waals surface area contributed by atoms with Crippen molar-refractivity contribution in [2.75, 3.05) is 36.4 Å². The molecule has 2 N–H and O–H groups in total. The van der Waals surface area contributed by atoms with Gasteiger partial charge in [0.05, 0.1) is 6.42 Å². The molecule has 8 heteroatoms. The van der Waals surface area contributed by atoms with Crippen molar-refractivity contribution in [2.24, 2.45) is 4.99 Å². The quantitative estimate of drug-likeness (QED) is 0.598. The van der Waals surface area contributed by atoms with E-state index in [0.29, 0.717) is 30.5 Å². The van der Waals surface area contributed by atoms with Crippen LogP contribution >= 0.6 is 0 Å². The summed E-state index contributed by atoms with van der Waals surface area (Å²) < 4.78 is 5.79. The molecule has 0 aromatic heterocycles. The number of aliphatic imine (C=N–C) groups is 1. The Bertz CT molecular complexity index is 1190. The fourth-order valence-corrected chi connectivity index (χ4v) is 4.16. The molecule has 2 aliphatic rings. The second-order valence-corrected chi connectivity index (χ2v) is 8.46. The van der Waals surface area contributed by atoms with Crippen LogP contribution in [-0.2, 0) is 9.59 Å². The number of nitrogens with zero attached hydrogens (tertiary/aromatic N) is 3. The van der Waals surface area contributed by atoms with Crippen LogP contribution in [-0.4, -0.2) is 54.9 Å². The van der Waals surface area contributed by atoms with Gasteiger partial charge in [-0.1, -0.05) is 36.4 Å². The molecule has 0 aliphatic carbocycles. The number of hydrogen-bond donors (Lipinski definition) is 2. The number of benzene rings is 3. The molecule has 2 amide bonds. The number of amides is 2. The second kappa shape index (κ2) is 10.3. The Morgan fingerprint density at radius 2 is 1.43 bits per heavy atom. The van der Waals surface area contributed by atoms with Crippen molar-refractivity contribution in [2.45, 2.75) is 12.5 Å². The molecule has 8 nitrogen and oxygen atoms in total. The summed E-state index contributed by atoms with van der Waals surface area (Å²) in [7, 11) is 0. The molecular formula is C27H27N5O3. The first kappa shape index (κ1) is 22.5. The first-order valence-electron chi connectivity index (χ1n) is 11.7. The predicted octanol–water partition coefficient (Wildman–Crippen LogP) is 3.48. The van der Waals surface area contributed by atoms with Crippen LogP contribution in [0.25, 0.3) is 0 Å². The van der Waals surface area contributed by atoms with Gasteiger partial charge in [-0.15, -0.1) is 0 Å². The maximum atomic E-state index is 12.9. The summed E-state index contributed by atoms with van der Waals surface area (Å²) >= 11 is 0. The molecule has 178 valence electrons.